The molecule has 2 aliphatic rings. The largest absolute Gasteiger partial charge is 0.517 e. The molecule has 0 saturated carbocycles. The second-order valence-electron chi connectivity index (χ2n) is 11.1. The zero-order valence-corrected chi connectivity index (χ0v) is 23.3. The van der Waals surface area contributed by atoms with Gasteiger partial charge in [0.25, 0.3) is 0 Å². The highest BCUT2D eigenvalue weighted by Crippen LogP contribution is 2.37. The molecule has 1 atom stereocenters. The first-order valence-electron chi connectivity index (χ1n) is 13.8. The fourth-order valence-corrected chi connectivity index (χ4v) is 4.73. The lowest BCUT2D eigenvalue weighted by Crippen LogP contribution is -2.41. The Morgan fingerprint density at radius 3 is 2.59 bits per heavy atom. The molecule has 3 heterocycles. The lowest BCUT2D eigenvalue weighted by Gasteiger charge is -2.32. The highest BCUT2D eigenvalue weighted by Gasteiger charge is 2.53. The summed E-state index contributed by atoms with van der Waals surface area (Å²) >= 11 is 0. The Hall–Kier alpha value is -3.08. The molecular weight excluding hydrogens is 497 g/mol. The van der Waals surface area contributed by atoms with Gasteiger partial charge in [0.1, 0.15) is 17.9 Å². The van der Waals surface area contributed by atoms with E-state index in [-0.39, 0.29) is 12.8 Å². The number of alkyl carbamates (subject to hydrolysis) is 1. The molecule has 0 bridgehead atoms. The van der Waals surface area contributed by atoms with Crippen LogP contribution in [0.3, 0.4) is 0 Å². The number of hydrogen-bond donors (Lipinski definition) is 1. The normalized spacial score (nSPS) is 20.2. The number of amides is 1. The van der Waals surface area contributed by atoms with Crippen molar-refractivity contribution in [3.8, 4) is 5.75 Å². The highest BCUT2D eigenvalue weighted by atomic mass is 16.7. The maximum absolute atomic E-state index is 12.0. The number of carbonyl (C=O) groups is 1. The van der Waals surface area contributed by atoms with Crippen molar-refractivity contribution < 1.29 is 28.3 Å². The van der Waals surface area contributed by atoms with Crippen LogP contribution in [0.15, 0.2) is 48.5 Å². The third-order valence-corrected chi connectivity index (χ3v) is 7.68. The van der Waals surface area contributed by atoms with Crippen LogP contribution in [0.4, 0.5) is 4.79 Å². The number of hydrogen-bond acceptors (Lipinski definition) is 7. The lowest BCUT2D eigenvalue weighted by atomic mass is 9.82. The van der Waals surface area contributed by atoms with Crippen molar-refractivity contribution in [3.05, 3.63) is 54.1 Å². The quantitative estimate of drug-likeness (QED) is 0.313. The Labute approximate surface area is 230 Å². The number of ether oxygens (including phenoxy) is 3. The Balaban J connectivity index is 1.22. The molecule has 1 unspecified atom stereocenters. The second kappa shape index (κ2) is 11.6. The predicted molar refractivity (Wildman–Crippen MR) is 149 cm³/mol. The summed E-state index contributed by atoms with van der Waals surface area (Å²) in [6.07, 6.45) is 3.17. The standard InChI is InChI=1S/C29H38BN3O6/c1-28(2)29(3,4)39-30(38-28)26-23-19-22(14-15-24(23)33(32-26)25-13-8-9-17-36-25)35-18-10-16-31-27(34)37-20-21-11-6-5-7-12-21/h5-7,11-12,14-15,19,25H,8-10,13,16-18,20H2,1-4H3,(H,31,34). The van der Waals surface area contributed by atoms with Gasteiger partial charge in [-0.15, -0.1) is 0 Å². The van der Waals surface area contributed by atoms with Gasteiger partial charge in [0.2, 0.25) is 0 Å². The van der Waals surface area contributed by atoms with Crippen LogP contribution in [0.25, 0.3) is 10.9 Å². The molecule has 1 amide bonds. The summed E-state index contributed by atoms with van der Waals surface area (Å²) in [6.45, 7) is 10.0. The Morgan fingerprint density at radius 1 is 1.10 bits per heavy atom. The van der Waals surface area contributed by atoms with E-state index in [9.17, 15) is 4.79 Å². The molecule has 208 valence electrons. The van der Waals surface area contributed by atoms with Crippen molar-refractivity contribution in [1.29, 1.82) is 0 Å². The van der Waals surface area contributed by atoms with Crippen molar-refractivity contribution >= 4 is 29.7 Å². The average molecular weight is 535 g/mol. The Kier molecular flexibility index (Phi) is 8.16. The van der Waals surface area contributed by atoms with Gasteiger partial charge in [0, 0.05) is 18.5 Å². The van der Waals surface area contributed by atoms with Gasteiger partial charge in [-0.25, -0.2) is 9.48 Å². The van der Waals surface area contributed by atoms with Gasteiger partial charge in [-0.3, -0.25) is 0 Å². The minimum atomic E-state index is -0.594. The SMILES string of the molecule is CC1(C)OB(c2nn(C3CCCCO3)c3ccc(OCCCNC(=O)OCc4ccccc4)cc23)OC1(C)C. The maximum atomic E-state index is 12.0. The van der Waals surface area contributed by atoms with E-state index in [1.807, 2.05) is 80.9 Å². The van der Waals surface area contributed by atoms with Gasteiger partial charge in [-0.2, -0.15) is 5.10 Å². The van der Waals surface area contributed by atoms with E-state index in [1.165, 1.54) is 0 Å². The van der Waals surface area contributed by atoms with Crippen molar-refractivity contribution in [2.75, 3.05) is 19.8 Å². The van der Waals surface area contributed by atoms with Gasteiger partial charge >= 0.3 is 13.2 Å². The first kappa shape index (κ1) is 27.5. The third-order valence-electron chi connectivity index (χ3n) is 7.68. The van der Waals surface area contributed by atoms with Crippen molar-refractivity contribution in [2.24, 2.45) is 0 Å². The van der Waals surface area contributed by atoms with E-state index in [0.29, 0.717) is 19.6 Å². The summed E-state index contributed by atoms with van der Waals surface area (Å²) < 4.78 is 32.0. The van der Waals surface area contributed by atoms with Crippen molar-refractivity contribution in [1.82, 2.24) is 15.1 Å². The van der Waals surface area contributed by atoms with Crippen LogP contribution in [0.5, 0.6) is 5.75 Å². The average Bonchev–Trinajstić information content (AvgIpc) is 3.41. The van der Waals surface area contributed by atoms with E-state index in [2.05, 4.69) is 5.32 Å². The fourth-order valence-electron chi connectivity index (χ4n) is 4.73. The molecule has 10 heteroatoms. The summed E-state index contributed by atoms with van der Waals surface area (Å²) in [5, 5.41) is 8.65. The third kappa shape index (κ3) is 6.23. The minimum absolute atomic E-state index is 0.114. The van der Waals surface area contributed by atoms with Crippen LogP contribution in [0.1, 0.15) is 65.2 Å². The van der Waals surface area contributed by atoms with Gasteiger partial charge in [-0.1, -0.05) is 30.3 Å². The maximum Gasteiger partial charge on any atom is 0.517 e. The van der Waals surface area contributed by atoms with Crippen LogP contribution in [-0.4, -0.2) is 54.0 Å². The Bertz CT molecular complexity index is 1260. The summed E-state index contributed by atoms with van der Waals surface area (Å²) in [5.74, 6) is 0.719. The van der Waals surface area contributed by atoms with Gasteiger partial charge in [0.05, 0.1) is 23.3 Å². The molecule has 39 heavy (non-hydrogen) atoms. The van der Waals surface area contributed by atoms with Crippen molar-refractivity contribution in [2.45, 2.75) is 77.4 Å². The molecule has 0 aliphatic carbocycles. The zero-order valence-electron chi connectivity index (χ0n) is 23.3. The monoisotopic (exact) mass is 535 g/mol. The van der Waals surface area contributed by atoms with Gasteiger partial charge in [-0.05, 0) is 77.1 Å². The van der Waals surface area contributed by atoms with E-state index >= 15 is 0 Å². The number of nitrogens with one attached hydrogen (secondary N) is 1. The first-order valence-corrected chi connectivity index (χ1v) is 13.8. The van der Waals surface area contributed by atoms with Crippen LogP contribution < -0.4 is 15.6 Å². The zero-order chi connectivity index (χ0) is 27.5. The molecule has 0 spiro atoms. The second-order valence-corrected chi connectivity index (χ2v) is 11.1. The van der Waals surface area contributed by atoms with Gasteiger partial charge < -0.3 is 28.8 Å². The first-order chi connectivity index (χ1) is 18.7. The molecule has 5 rings (SSSR count). The van der Waals surface area contributed by atoms with Crippen LogP contribution >= 0.6 is 0 Å². The van der Waals surface area contributed by atoms with Crippen LogP contribution in [0, 0.1) is 0 Å². The lowest BCUT2D eigenvalue weighted by molar-refractivity contribution is -0.0364. The highest BCUT2D eigenvalue weighted by molar-refractivity contribution is 6.64. The fraction of sp³-hybridized carbons (Fsp3) is 0.517. The molecule has 0 radical (unpaired) electrons. The van der Waals surface area contributed by atoms with Crippen molar-refractivity contribution in [3.63, 3.8) is 0 Å². The van der Waals surface area contributed by atoms with Gasteiger partial charge in [0.15, 0.2) is 6.23 Å². The molecule has 3 aromatic rings. The number of nitrogens with zero attached hydrogens (tertiary/aromatic N) is 2. The molecule has 1 aromatic heterocycles. The smallest absolute Gasteiger partial charge is 0.494 e. The number of fused-ring (bicyclic) bond motifs is 1. The molecular formula is C29H38BN3O6. The number of carbonyl (C=O) groups excluding carboxylic acids is 1. The van der Waals surface area contributed by atoms with E-state index in [4.69, 9.17) is 28.6 Å². The summed E-state index contributed by atoms with van der Waals surface area (Å²) in [5.41, 5.74) is 1.69. The van der Waals surface area contributed by atoms with E-state index < -0.39 is 24.4 Å². The summed E-state index contributed by atoms with van der Waals surface area (Å²) in [7, 11) is -0.594. The topological polar surface area (TPSA) is 93.1 Å². The predicted octanol–water partition coefficient (Wildman–Crippen LogP) is 4.73. The summed E-state index contributed by atoms with van der Waals surface area (Å²) in [6, 6.07) is 15.5. The van der Waals surface area contributed by atoms with Crippen LogP contribution in [-0.2, 0) is 25.4 Å². The molecule has 2 fully saturated rings. The molecule has 2 aromatic carbocycles. The molecule has 2 saturated heterocycles. The summed E-state index contributed by atoms with van der Waals surface area (Å²) in [4.78, 5) is 12.0. The van der Waals surface area contributed by atoms with Crippen LogP contribution in [0.2, 0.25) is 0 Å². The minimum Gasteiger partial charge on any atom is -0.494 e. The Morgan fingerprint density at radius 2 is 1.87 bits per heavy atom. The number of aromatic nitrogens is 2. The van der Waals surface area contributed by atoms with E-state index in [1.54, 1.807) is 0 Å². The number of benzene rings is 2. The number of rotatable bonds is 9. The molecule has 1 N–H and O–H groups in total. The van der Waals surface area contributed by atoms with E-state index in [0.717, 1.165) is 53.7 Å². The molecule has 9 nitrogen and oxygen atoms in total. The molecule has 2 aliphatic heterocycles.